The Hall–Kier alpha value is -3.28. The zero-order valence-electron chi connectivity index (χ0n) is 11.4. The molecule has 0 radical (unpaired) electrons. The number of phenols is 1. The van der Waals surface area contributed by atoms with Gasteiger partial charge in [0.1, 0.15) is 5.75 Å². The Morgan fingerprint density at radius 1 is 1.09 bits per heavy atom. The van der Waals surface area contributed by atoms with Crippen molar-refractivity contribution in [3.63, 3.8) is 0 Å². The second-order valence-corrected chi connectivity index (χ2v) is 4.39. The van der Waals surface area contributed by atoms with Crippen LogP contribution in [0.1, 0.15) is 15.9 Å². The van der Waals surface area contributed by atoms with Gasteiger partial charge >= 0.3 is 11.9 Å². The van der Waals surface area contributed by atoms with Crippen molar-refractivity contribution in [3.8, 4) is 5.75 Å². The van der Waals surface area contributed by atoms with Crippen LogP contribution in [0.5, 0.6) is 5.75 Å². The van der Waals surface area contributed by atoms with Crippen molar-refractivity contribution in [2.45, 2.75) is 0 Å². The molecule has 112 valence electrons. The lowest BCUT2D eigenvalue weighted by Gasteiger charge is -2.05. The van der Waals surface area contributed by atoms with E-state index in [0.29, 0.717) is 5.56 Å². The van der Waals surface area contributed by atoms with Crippen molar-refractivity contribution >= 4 is 23.7 Å². The molecule has 22 heavy (non-hydrogen) atoms. The number of carbonyl (C=O) groups excluding carboxylic acids is 2. The molecule has 0 saturated heterocycles. The van der Waals surface area contributed by atoms with Crippen LogP contribution >= 0.6 is 0 Å². The van der Waals surface area contributed by atoms with Gasteiger partial charge in [0, 0.05) is 5.69 Å². The third kappa shape index (κ3) is 3.63. The predicted octanol–water partition coefficient (Wildman–Crippen LogP) is 2.26. The largest absolute Gasteiger partial charge is 0.508 e. The van der Waals surface area contributed by atoms with Crippen molar-refractivity contribution in [3.05, 3.63) is 65.4 Å². The van der Waals surface area contributed by atoms with Gasteiger partial charge in [-0.2, -0.15) is 0 Å². The maximum absolute atomic E-state index is 11.8. The lowest BCUT2D eigenvalue weighted by molar-refractivity contribution is -0.136. The highest BCUT2D eigenvalue weighted by atomic mass is 16.6. The molecule has 0 amide bonds. The molecule has 0 aromatic heterocycles. The Morgan fingerprint density at radius 2 is 1.77 bits per heavy atom. The molecule has 0 spiro atoms. The van der Waals surface area contributed by atoms with Gasteiger partial charge in [-0.3, -0.25) is 0 Å². The first-order valence-corrected chi connectivity index (χ1v) is 6.28. The number of benzene rings is 2. The summed E-state index contributed by atoms with van der Waals surface area (Å²) < 4.78 is 4.52. The summed E-state index contributed by atoms with van der Waals surface area (Å²) in [5, 5.41) is 19.0. The molecule has 0 heterocycles. The van der Waals surface area contributed by atoms with E-state index in [1.54, 1.807) is 30.3 Å². The summed E-state index contributed by atoms with van der Waals surface area (Å²) in [5.74, 6) is -3.20. The second-order valence-electron chi connectivity index (χ2n) is 4.39. The number of aliphatic hydroxyl groups excluding tert-OH is 1. The number of nitrogens with two attached hydrogens (primary N) is 1. The first-order valence-electron chi connectivity index (χ1n) is 6.28. The number of aromatic hydroxyl groups is 1. The maximum Gasteiger partial charge on any atom is 0.381 e. The van der Waals surface area contributed by atoms with E-state index in [9.17, 15) is 19.8 Å². The minimum Gasteiger partial charge on any atom is -0.508 e. The van der Waals surface area contributed by atoms with Gasteiger partial charge in [-0.25, -0.2) is 9.59 Å². The van der Waals surface area contributed by atoms with Crippen molar-refractivity contribution in [1.29, 1.82) is 0 Å². The number of anilines is 1. The highest BCUT2D eigenvalue weighted by Gasteiger charge is 2.19. The number of hydrogen-bond donors (Lipinski definition) is 3. The summed E-state index contributed by atoms with van der Waals surface area (Å²) in [5.41, 5.74) is 6.01. The molecule has 2 aromatic rings. The fraction of sp³-hybridized carbons (Fsp3) is 0. The minimum atomic E-state index is -1.21. The Labute approximate surface area is 126 Å². The van der Waals surface area contributed by atoms with Crippen LogP contribution in [-0.4, -0.2) is 22.2 Å². The summed E-state index contributed by atoms with van der Waals surface area (Å²) in [4.78, 5) is 23.5. The van der Waals surface area contributed by atoms with Gasteiger partial charge in [-0.1, -0.05) is 30.3 Å². The van der Waals surface area contributed by atoms with E-state index in [0.717, 1.165) is 6.07 Å². The van der Waals surface area contributed by atoms with Crippen molar-refractivity contribution in [1.82, 2.24) is 0 Å². The van der Waals surface area contributed by atoms with Gasteiger partial charge in [-0.05, 0) is 29.8 Å². The van der Waals surface area contributed by atoms with Crippen LogP contribution in [0.2, 0.25) is 0 Å². The Morgan fingerprint density at radius 3 is 2.45 bits per heavy atom. The molecule has 4 N–H and O–H groups in total. The van der Waals surface area contributed by atoms with E-state index >= 15 is 0 Å². The summed E-state index contributed by atoms with van der Waals surface area (Å²) in [6.07, 6.45) is 1.17. The van der Waals surface area contributed by atoms with Gasteiger partial charge in [0.05, 0.1) is 5.56 Å². The fourth-order valence-corrected chi connectivity index (χ4v) is 1.68. The Kier molecular flexibility index (Phi) is 4.43. The van der Waals surface area contributed by atoms with E-state index in [4.69, 9.17) is 5.73 Å². The molecule has 0 aliphatic carbocycles. The molecule has 0 saturated carbocycles. The fourth-order valence-electron chi connectivity index (χ4n) is 1.68. The zero-order valence-corrected chi connectivity index (χ0v) is 11.4. The van der Waals surface area contributed by atoms with E-state index in [1.807, 2.05) is 0 Å². The Bertz CT molecular complexity index is 737. The van der Waals surface area contributed by atoms with E-state index < -0.39 is 17.7 Å². The molecule has 0 aliphatic rings. The standard InChI is InChI=1S/C16H13NO5/c17-13-7-6-11(18)9-12(13)15(20)22-16(21)14(19)8-10-4-2-1-3-5-10/h1-9,18-19H,17H2. The van der Waals surface area contributed by atoms with Crippen molar-refractivity contribution < 1.29 is 24.5 Å². The van der Waals surface area contributed by atoms with Gasteiger partial charge in [0.15, 0.2) is 0 Å². The van der Waals surface area contributed by atoms with Crippen LogP contribution in [0.15, 0.2) is 54.3 Å². The molecule has 2 aromatic carbocycles. The van der Waals surface area contributed by atoms with Crippen molar-refractivity contribution in [2.75, 3.05) is 5.73 Å². The van der Waals surface area contributed by atoms with E-state index in [-0.39, 0.29) is 17.0 Å². The Balaban J connectivity index is 2.13. The van der Waals surface area contributed by atoms with Crippen LogP contribution in [0.3, 0.4) is 0 Å². The topological polar surface area (TPSA) is 110 Å². The average molecular weight is 299 g/mol. The molecular formula is C16H13NO5. The van der Waals surface area contributed by atoms with E-state index in [1.165, 1.54) is 18.2 Å². The number of esters is 2. The predicted molar refractivity (Wildman–Crippen MR) is 80.0 cm³/mol. The molecular weight excluding hydrogens is 286 g/mol. The van der Waals surface area contributed by atoms with Gasteiger partial charge in [0.2, 0.25) is 5.76 Å². The highest BCUT2D eigenvalue weighted by molar-refractivity contribution is 6.05. The quantitative estimate of drug-likeness (QED) is 0.200. The lowest BCUT2D eigenvalue weighted by Crippen LogP contribution is -2.15. The molecule has 0 atom stereocenters. The number of carbonyl (C=O) groups is 2. The second kappa shape index (κ2) is 6.45. The van der Waals surface area contributed by atoms with Gasteiger partial charge in [-0.15, -0.1) is 0 Å². The van der Waals surface area contributed by atoms with Gasteiger partial charge < -0.3 is 20.7 Å². The lowest BCUT2D eigenvalue weighted by atomic mass is 10.1. The van der Waals surface area contributed by atoms with Crippen LogP contribution in [0, 0.1) is 0 Å². The molecule has 0 aliphatic heterocycles. The SMILES string of the molecule is Nc1ccc(O)cc1C(=O)OC(=O)C(O)=Cc1ccccc1. The monoisotopic (exact) mass is 299 g/mol. The number of aliphatic hydroxyl groups is 1. The van der Waals surface area contributed by atoms with Crippen LogP contribution in [-0.2, 0) is 9.53 Å². The van der Waals surface area contributed by atoms with E-state index in [2.05, 4.69) is 4.74 Å². The minimum absolute atomic E-state index is 0.0436. The first-order chi connectivity index (χ1) is 10.5. The molecule has 6 heteroatoms. The molecule has 0 bridgehead atoms. The number of phenolic OH excluding ortho intramolecular Hbond substituents is 1. The first kappa shape index (κ1) is 15.1. The van der Waals surface area contributed by atoms with Crippen LogP contribution in [0.4, 0.5) is 5.69 Å². The summed E-state index contributed by atoms with van der Waals surface area (Å²) in [6.45, 7) is 0. The van der Waals surface area contributed by atoms with Crippen LogP contribution in [0.25, 0.3) is 6.08 Å². The normalized spacial score (nSPS) is 11.0. The van der Waals surface area contributed by atoms with Gasteiger partial charge in [0.25, 0.3) is 0 Å². The molecule has 2 rings (SSSR count). The number of rotatable bonds is 3. The number of hydrogen-bond acceptors (Lipinski definition) is 6. The third-order valence-electron chi connectivity index (χ3n) is 2.75. The summed E-state index contributed by atoms with van der Waals surface area (Å²) in [7, 11) is 0. The maximum atomic E-state index is 11.8. The number of ether oxygens (including phenoxy) is 1. The highest BCUT2D eigenvalue weighted by Crippen LogP contribution is 2.19. The molecule has 0 unspecified atom stereocenters. The summed E-state index contributed by atoms with van der Waals surface area (Å²) in [6, 6.07) is 12.2. The summed E-state index contributed by atoms with van der Waals surface area (Å²) >= 11 is 0. The molecule has 0 fully saturated rings. The van der Waals surface area contributed by atoms with Crippen molar-refractivity contribution in [2.24, 2.45) is 0 Å². The zero-order chi connectivity index (χ0) is 16.1. The third-order valence-corrected chi connectivity index (χ3v) is 2.75. The van der Waals surface area contributed by atoms with Crippen LogP contribution < -0.4 is 5.73 Å². The molecule has 6 nitrogen and oxygen atoms in total. The number of nitrogen functional groups attached to an aromatic ring is 1. The average Bonchev–Trinajstić information content (AvgIpc) is 2.50. The smallest absolute Gasteiger partial charge is 0.381 e.